The maximum Gasteiger partial charge on any atom is 0.0270 e. The fourth-order valence-corrected chi connectivity index (χ4v) is 0.814. The second-order valence-corrected chi connectivity index (χ2v) is 4.05. The molecule has 0 radical (unpaired) electrons. The van der Waals surface area contributed by atoms with Crippen LogP contribution in [0.2, 0.25) is 0 Å². The van der Waals surface area contributed by atoms with E-state index in [2.05, 4.69) is 34.7 Å². The Kier molecular flexibility index (Phi) is 1.97. The average molecular weight is 190 g/mol. The maximum absolute atomic E-state index is 3.74. The Balaban J connectivity index is 2.12. The summed E-state index contributed by atoms with van der Waals surface area (Å²) in [5, 5.41) is 3.39. The van der Waals surface area contributed by atoms with Gasteiger partial charge in [0, 0.05) is 16.6 Å². The summed E-state index contributed by atoms with van der Waals surface area (Å²) >= 11 is 3.30. The van der Waals surface area contributed by atoms with E-state index in [4.69, 9.17) is 0 Å². The molecule has 0 unspecified atom stereocenters. The molecule has 1 rings (SSSR count). The molecule has 0 bridgehead atoms. The van der Waals surface area contributed by atoms with Gasteiger partial charge in [-0.05, 0) is 19.8 Å². The van der Waals surface area contributed by atoms with Gasteiger partial charge in [-0.25, -0.2) is 0 Å². The van der Waals surface area contributed by atoms with Gasteiger partial charge in [0.15, 0.2) is 0 Å². The van der Waals surface area contributed by atoms with Gasteiger partial charge < -0.3 is 5.32 Å². The van der Waals surface area contributed by atoms with Crippen LogP contribution in [0.5, 0.6) is 0 Å². The quantitative estimate of drug-likeness (QED) is 0.717. The number of nitrogens with one attached hydrogen (secondary N) is 1. The molecule has 2 heteroatoms. The molecule has 0 saturated heterocycles. The molecule has 1 aliphatic carbocycles. The molecule has 1 fully saturated rings. The van der Waals surface area contributed by atoms with Crippen LogP contribution in [0.1, 0.15) is 19.8 Å². The molecule has 52 valence electrons. The lowest BCUT2D eigenvalue weighted by Gasteiger charge is -2.08. The SMILES string of the molecule is C=C(Br)CNC1(C)CC1. The number of halogens is 1. The molecular weight excluding hydrogens is 178 g/mol. The standard InChI is InChI=1S/C7H12BrN/c1-6(8)5-9-7(2)3-4-7/h9H,1,3-5H2,2H3. The Morgan fingerprint density at radius 3 is 2.67 bits per heavy atom. The zero-order valence-corrected chi connectivity index (χ0v) is 7.29. The van der Waals surface area contributed by atoms with Crippen LogP contribution >= 0.6 is 15.9 Å². The Bertz CT molecular complexity index is 127. The molecule has 0 aliphatic heterocycles. The fraction of sp³-hybridized carbons (Fsp3) is 0.714. The first-order valence-corrected chi connectivity index (χ1v) is 4.00. The zero-order valence-electron chi connectivity index (χ0n) is 5.71. The van der Waals surface area contributed by atoms with Gasteiger partial charge in [0.2, 0.25) is 0 Å². The van der Waals surface area contributed by atoms with Gasteiger partial charge >= 0.3 is 0 Å². The summed E-state index contributed by atoms with van der Waals surface area (Å²) in [6.45, 7) is 6.88. The monoisotopic (exact) mass is 189 g/mol. The van der Waals surface area contributed by atoms with E-state index >= 15 is 0 Å². The van der Waals surface area contributed by atoms with E-state index in [1.54, 1.807) is 0 Å². The van der Waals surface area contributed by atoms with E-state index in [-0.39, 0.29) is 0 Å². The first-order valence-electron chi connectivity index (χ1n) is 3.21. The smallest absolute Gasteiger partial charge is 0.0270 e. The summed E-state index contributed by atoms with van der Waals surface area (Å²) < 4.78 is 1.04. The largest absolute Gasteiger partial charge is 0.307 e. The molecule has 1 aliphatic rings. The predicted octanol–water partition coefficient (Wildman–Crippen LogP) is 2.04. The Hall–Kier alpha value is 0.180. The van der Waals surface area contributed by atoms with Crippen LogP contribution in [0.25, 0.3) is 0 Å². The summed E-state index contributed by atoms with van der Waals surface area (Å²) in [4.78, 5) is 0. The molecule has 0 aromatic rings. The lowest BCUT2D eigenvalue weighted by atomic mass is 10.3. The van der Waals surface area contributed by atoms with E-state index in [1.165, 1.54) is 12.8 Å². The molecule has 0 heterocycles. The van der Waals surface area contributed by atoms with Gasteiger partial charge in [-0.2, -0.15) is 0 Å². The minimum absolute atomic E-state index is 0.441. The third-order valence-electron chi connectivity index (χ3n) is 1.71. The molecular formula is C7H12BrN. The summed E-state index contributed by atoms with van der Waals surface area (Å²) in [5.41, 5.74) is 0.441. The van der Waals surface area contributed by atoms with Gasteiger partial charge in [0.25, 0.3) is 0 Å². The lowest BCUT2D eigenvalue weighted by Crippen LogP contribution is -2.28. The normalized spacial score (nSPS) is 21.6. The predicted molar refractivity (Wildman–Crippen MR) is 43.7 cm³/mol. The van der Waals surface area contributed by atoms with Crippen molar-refractivity contribution < 1.29 is 0 Å². The summed E-state index contributed by atoms with van der Waals surface area (Å²) in [6.07, 6.45) is 2.63. The maximum atomic E-state index is 3.74. The van der Waals surface area contributed by atoms with Crippen molar-refractivity contribution >= 4 is 15.9 Å². The number of hydrogen-bond acceptors (Lipinski definition) is 1. The van der Waals surface area contributed by atoms with Crippen LogP contribution in [-0.4, -0.2) is 12.1 Å². The Morgan fingerprint density at radius 2 is 2.33 bits per heavy atom. The second-order valence-electron chi connectivity index (χ2n) is 2.93. The molecule has 0 aromatic heterocycles. The van der Waals surface area contributed by atoms with Crippen molar-refractivity contribution in [3.05, 3.63) is 11.1 Å². The van der Waals surface area contributed by atoms with E-state index in [0.717, 1.165) is 11.0 Å². The van der Waals surface area contributed by atoms with E-state index in [9.17, 15) is 0 Å². The van der Waals surface area contributed by atoms with Gasteiger partial charge in [0.1, 0.15) is 0 Å². The molecule has 1 saturated carbocycles. The minimum Gasteiger partial charge on any atom is -0.307 e. The van der Waals surface area contributed by atoms with Crippen molar-refractivity contribution in [3.63, 3.8) is 0 Å². The van der Waals surface area contributed by atoms with Gasteiger partial charge in [-0.15, -0.1) is 0 Å². The minimum atomic E-state index is 0.441. The van der Waals surface area contributed by atoms with Crippen molar-refractivity contribution in [2.75, 3.05) is 6.54 Å². The van der Waals surface area contributed by atoms with Crippen LogP contribution in [0.3, 0.4) is 0 Å². The third kappa shape index (κ3) is 2.50. The summed E-state index contributed by atoms with van der Waals surface area (Å²) in [5.74, 6) is 0. The number of hydrogen-bond donors (Lipinski definition) is 1. The highest BCUT2D eigenvalue weighted by atomic mass is 79.9. The summed E-state index contributed by atoms with van der Waals surface area (Å²) in [6, 6.07) is 0. The van der Waals surface area contributed by atoms with E-state index < -0.39 is 0 Å². The average Bonchev–Trinajstić information content (AvgIpc) is 2.45. The molecule has 0 aromatic carbocycles. The highest BCUT2D eigenvalue weighted by Crippen LogP contribution is 2.34. The van der Waals surface area contributed by atoms with Gasteiger partial charge in [-0.1, -0.05) is 22.5 Å². The molecule has 0 atom stereocenters. The van der Waals surface area contributed by atoms with Crippen LogP contribution in [0.4, 0.5) is 0 Å². The van der Waals surface area contributed by atoms with Gasteiger partial charge in [0.05, 0.1) is 0 Å². The number of rotatable bonds is 3. The second kappa shape index (κ2) is 2.43. The van der Waals surface area contributed by atoms with Crippen molar-refractivity contribution in [3.8, 4) is 0 Å². The zero-order chi connectivity index (χ0) is 6.91. The van der Waals surface area contributed by atoms with Crippen LogP contribution in [0, 0.1) is 0 Å². The van der Waals surface area contributed by atoms with E-state index in [1.807, 2.05) is 0 Å². The highest BCUT2D eigenvalue weighted by Gasteiger charge is 2.36. The topological polar surface area (TPSA) is 12.0 Å². The molecule has 0 amide bonds. The molecule has 0 spiro atoms. The Morgan fingerprint density at radius 1 is 1.78 bits per heavy atom. The van der Waals surface area contributed by atoms with Crippen molar-refractivity contribution in [2.45, 2.75) is 25.3 Å². The molecule has 1 nitrogen and oxygen atoms in total. The molecule has 9 heavy (non-hydrogen) atoms. The van der Waals surface area contributed by atoms with Gasteiger partial charge in [-0.3, -0.25) is 0 Å². The van der Waals surface area contributed by atoms with Crippen LogP contribution in [0.15, 0.2) is 11.1 Å². The first kappa shape index (κ1) is 7.29. The first-order chi connectivity index (χ1) is 4.12. The van der Waals surface area contributed by atoms with Crippen molar-refractivity contribution in [1.82, 2.24) is 5.32 Å². The molecule has 1 N–H and O–H groups in total. The van der Waals surface area contributed by atoms with Crippen molar-refractivity contribution in [2.24, 2.45) is 0 Å². The van der Waals surface area contributed by atoms with Crippen molar-refractivity contribution in [1.29, 1.82) is 0 Å². The highest BCUT2D eigenvalue weighted by molar-refractivity contribution is 9.11. The summed E-state index contributed by atoms with van der Waals surface area (Å²) in [7, 11) is 0. The van der Waals surface area contributed by atoms with E-state index in [0.29, 0.717) is 5.54 Å². The third-order valence-corrected chi connectivity index (χ3v) is 1.99. The Labute approximate surface area is 64.7 Å². The van der Waals surface area contributed by atoms with Crippen LogP contribution in [-0.2, 0) is 0 Å². The lowest BCUT2D eigenvalue weighted by molar-refractivity contribution is 0.574. The van der Waals surface area contributed by atoms with Crippen LogP contribution < -0.4 is 5.32 Å². The fourth-order valence-electron chi connectivity index (χ4n) is 0.674.